The molecule has 112 valence electrons. The van der Waals surface area contributed by atoms with E-state index in [1.165, 1.54) is 12.8 Å². The Labute approximate surface area is 123 Å². The van der Waals surface area contributed by atoms with Crippen LogP contribution in [0, 0.1) is 11.8 Å². The van der Waals surface area contributed by atoms with Gasteiger partial charge < -0.3 is 10.2 Å². The molecule has 1 aromatic rings. The maximum absolute atomic E-state index is 4.41. The Bertz CT molecular complexity index is 401. The highest BCUT2D eigenvalue weighted by Gasteiger charge is 2.23. The van der Waals surface area contributed by atoms with Crippen LogP contribution in [0.5, 0.6) is 0 Å². The molecule has 20 heavy (non-hydrogen) atoms. The van der Waals surface area contributed by atoms with Crippen LogP contribution in [-0.4, -0.2) is 29.3 Å². The molecule has 2 unspecified atom stereocenters. The van der Waals surface area contributed by atoms with Crippen LogP contribution in [0.1, 0.15) is 46.2 Å². The van der Waals surface area contributed by atoms with E-state index in [2.05, 4.69) is 60.2 Å². The second-order valence-corrected chi connectivity index (χ2v) is 6.58. The molecule has 0 aliphatic carbocycles. The zero-order valence-corrected chi connectivity index (χ0v) is 13.3. The van der Waals surface area contributed by atoms with Gasteiger partial charge in [-0.25, -0.2) is 0 Å². The maximum atomic E-state index is 4.41. The molecular formula is C16H28N4. The highest BCUT2D eigenvalue weighted by molar-refractivity contribution is 5.39. The van der Waals surface area contributed by atoms with Crippen LogP contribution in [0.25, 0.3) is 0 Å². The minimum absolute atomic E-state index is 0.568. The first-order chi connectivity index (χ1) is 9.56. The summed E-state index contributed by atoms with van der Waals surface area (Å²) in [6.07, 6.45) is 2.50. The number of rotatable bonds is 5. The average molecular weight is 276 g/mol. The quantitative estimate of drug-likeness (QED) is 0.898. The molecule has 0 spiro atoms. The summed E-state index contributed by atoms with van der Waals surface area (Å²) in [7, 11) is 0. The summed E-state index contributed by atoms with van der Waals surface area (Å²) in [6.45, 7) is 12.0. The third-order valence-electron chi connectivity index (χ3n) is 4.00. The van der Waals surface area contributed by atoms with Crippen LogP contribution >= 0.6 is 0 Å². The number of anilines is 1. The fourth-order valence-corrected chi connectivity index (χ4v) is 2.84. The number of piperidine rings is 1. The van der Waals surface area contributed by atoms with E-state index in [1.54, 1.807) is 0 Å². The van der Waals surface area contributed by atoms with Gasteiger partial charge in [-0.3, -0.25) is 0 Å². The maximum Gasteiger partial charge on any atom is 0.151 e. The lowest BCUT2D eigenvalue weighted by Gasteiger charge is -2.37. The average Bonchev–Trinajstić information content (AvgIpc) is 2.39. The first-order valence-corrected chi connectivity index (χ1v) is 7.86. The summed E-state index contributed by atoms with van der Waals surface area (Å²) >= 11 is 0. The molecule has 1 fully saturated rings. The van der Waals surface area contributed by atoms with Crippen LogP contribution in [0.4, 0.5) is 5.82 Å². The highest BCUT2D eigenvalue weighted by Crippen LogP contribution is 2.25. The second-order valence-electron chi connectivity index (χ2n) is 6.58. The minimum Gasteiger partial charge on any atom is -0.352 e. The Morgan fingerprint density at radius 1 is 1.30 bits per heavy atom. The van der Waals surface area contributed by atoms with Crippen molar-refractivity contribution in [1.29, 1.82) is 0 Å². The normalized spacial score (nSPS) is 23.4. The van der Waals surface area contributed by atoms with E-state index < -0.39 is 0 Å². The Morgan fingerprint density at radius 2 is 2.10 bits per heavy atom. The topological polar surface area (TPSA) is 41.0 Å². The minimum atomic E-state index is 0.568. The molecule has 1 N–H and O–H groups in total. The molecule has 0 radical (unpaired) electrons. The number of hydrogen-bond acceptors (Lipinski definition) is 4. The first kappa shape index (κ1) is 15.2. The molecule has 4 nitrogen and oxygen atoms in total. The first-order valence-electron chi connectivity index (χ1n) is 7.86. The SMILES string of the molecule is CC(C)CNCc1ccc(N2CCC(C)CC2C)nn1. The lowest BCUT2D eigenvalue weighted by molar-refractivity contribution is 0.375. The van der Waals surface area contributed by atoms with Gasteiger partial charge in [-0.15, -0.1) is 5.10 Å². The largest absolute Gasteiger partial charge is 0.352 e. The molecular weight excluding hydrogens is 248 g/mol. The molecule has 1 aromatic heterocycles. The lowest BCUT2D eigenvalue weighted by atomic mass is 9.93. The molecule has 0 saturated carbocycles. The molecule has 1 saturated heterocycles. The predicted octanol–water partition coefficient (Wildman–Crippen LogP) is 2.85. The van der Waals surface area contributed by atoms with Crippen molar-refractivity contribution < 1.29 is 0 Å². The van der Waals surface area contributed by atoms with E-state index in [0.717, 1.165) is 37.1 Å². The van der Waals surface area contributed by atoms with Gasteiger partial charge in [-0.05, 0) is 50.3 Å². The highest BCUT2D eigenvalue weighted by atomic mass is 15.3. The third kappa shape index (κ3) is 4.17. The Morgan fingerprint density at radius 3 is 2.70 bits per heavy atom. The summed E-state index contributed by atoms with van der Waals surface area (Å²) in [4.78, 5) is 2.39. The lowest BCUT2D eigenvalue weighted by Crippen LogP contribution is -2.40. The van der Waals surface area contributed by atoms with Crippen LogP contribution in [0.2, 0.25) is 0 Å². The van der Waals surface area contributed by atoms with Gasteiger partial charge in [0.2, 0.25) is 0 Å². The molecule has 1 aliphatic rings. The van der Waals surface area contributed by atoms with E-state index in [0.29, 0.717) is 12.0 Å². The van der Waals surface area contributed by atoms with Crippen LogP contribution in [0.15, 0.2) is 12.1 Å². The molecule has 2 rings (SSSR count). The number of hydrogen-bond donors (Lipinski definition) is 1. The zero-order valence-electron chi connectivity index (χ0n) is 13.3. The van der Waals surface area contributed by atoms with Gasteiger partial charge in [-0.2, -0.15) is 5.10 Å². The van der Waals surface area contributed by atoms with Crippen molar-refractivity contribution in [2.75, 3.05) is 18.0 Å². The number of aromatic nitrogens is 2. The molecule has 0 bridgehead atoms. The second kappa shape index (κ2) is 7.02. The van der Waals surface area contributed by atoms with Crippen molar-refractivity contribution in [1.82, 2.24) is 15.5 Å². The zero-order chi connectivity index (χ0) is 14.5. The van der Waals surface area contributed by atoms with E-state index in [4.69, 9.17) is 0 Å². The van der Waals surface area contributed by atoms with Gasteiger partial charge in [0.15, 0.2) is 5.82 Å². The fraction of sp³-hybridized carbons (Fsp3) is 0.750. The van der Waals surface area contributed by atoms with Crippen molar-refractivity contribution in [3.8, 4) is 0 Å². The predicted molar refractivity (Wildman–Crippen MR) is 83.8 cm³/mol. The molecule has 4 heteroatoms. The summed E-state index contributed by atoms with van der Waals surface area (Å²) in [6, 6.07) is 4.78. The third-order valence-corrected chi connectivity index (χ3v) is 4.00. The van der Waals surface area contributed by atoms with Crippen LogP contribution in [0.3, 0.4) is 0 Å². The van der Waals surface area contributed by atoms with E-state index in [9.17, 15) is 0 Å². The van der Waals surface area contributed by atoms with Crippen molar-refractivity contribution in [2.45, 2.75) is 53.1 Å². The summed E-state index contributed by atoms with van der Waals surface area (Å²) in [5.74, 6) is 2.52. The summed E-state index contributed by atoms with van der Waals surface area (Å²) in [5, 5.41) is 12.2. The van der Waals surface area contributed by atoms with E-state index >= 15 is 0 Å². The Balaban J connectivity index is 1.91. The number of nitrogens with one attached hydrogen (secondary N) is 1. The van der Waals surface area contributed by atoms with E-state index in [1.807, 2.05) is 0 Å². The standard InChI is InChI=1S/C16H28N4/c1-12(2)10-17-11-15-5-6-16(19-18-15)20-8-7-13(3)9-14(20)4/h5-6,12-14,17H,7-11H2,1-4H3. The molecule has 2 heterocycles. The summed E-state index contributed by atoms with van der Waals surface area (Å²) < 4.78 is 0. The number of nitrogens with zero attached hydrogens (tertiary/aromatic N) is 3. The van der Waals surface area contributed by atoms with Crippen LogP contribution in [-0.2, 0) is 6.54 Å². The molecule has 1 aliphatic heterocycles. The van der Waals surface area contributed by atoms with Crippen molar-refractivity contribution in [2.24, 2.45) is 11.8 Å². The molecule has 0 aromatic carbocycles. The van der Waals surface area contributed by atoms with Gasteiger partial charge >= 0.3 is 0 Å². The van der Waals surface area contributed by atoms with Crippen molar-refractivity contribution in [3.05, 3.63) is 17.8 Å². The molecule has 2 atom stereocenters. The Kier molecular flexibility index (Phi) is 5.35. The van der Waals surface area contributed by atoms with Crippen molar-refractivity contribution >= 4 is 5.82 Å². The van der Waals surface area contributed by atoms with Gasteiger partial charge in [0.05, 0.1) is 5.69 Å². The van der Waals surface area contributed by atoms with Gasteiger partial charge in [0.1, 0.15) is 0 Å². The molecule has 0 amide bonds. The van der Waals surface area contributed by atoms with Gasteiger partial charge in [0, 0.05) is 19.1 Å². The van der Waals surface area contributed by atoms with Gasteiger partial charge in [-0.1, -0.05) is 20.8 Å². The Hall–Kier alpha value is -1.16. The van der Waals surface area contributed by atoms with Crippen molar-refractivity contribution in [3.63, 3.8) is 0 Å². The fourth-order valence-electron chi connectivity index (χ4n) is 2.84. The van der Waals surface area contributed by atoms with Gasteiger partial charge in [0.25, 0.3) is 0 Å². The van der Waals surface area contributed by atoms with Crippen LogP contribution < -0.4 is 10.2 Å². The summed E-state index contributed by atoms with van der Waals surface area (Å²) in [5.41, 5.74) is 1.02. The smallest absolute Gasteiger partial charge is 0.151 e. The van der Waals surface area contributed by atoms with E-state index in [-0.39, 0.29) is 0 Å². The monoisotopic (exact) mass is 276 g/mol.